The standard InChI is InChI=1S/C10H14O/c1-2-8-3-4-10-9(7-8)5-6-11-10/h4,7-8H,2-3,5-6H2,1H3. The molecular weight excluding hydrogens is 136 g/mol. The average Bonchev–Trinajstić information content (AvgIpc) is 2.50. The molecule has 11 heavy (non-hydrogen) atoms. The molecule has 1 nitrogen and oxygen atoms in total. The van der Waals surface area contributed by atoms with Gasteiger partial charge in [-0.3, -0.25) is 0 Å². The van der Waals surface area contributed by atoms with Crippen molar-refractivity contribution in [3.8, 4) is 0 Å². The van der Waals surface area contributed by atoms with Gasteiger partial charge in [0, 0.05) is 6.42 Å². The molecule has 2 aliphatic rings. The van der Waals surface area contributed by atoms with Gasteiger partial charge in [0.25, 0.3) is 0 Å². The Morgan fingerprint density at radius 2 is 2.55 bits per heavy atom. The summed E-state index contributed by atoms with van der Waals surface area (Å²) in [5.74, 6) is 1.94. The first-order valence-corrected chi connectivity index (χ1v) is 4.44. The van der Waals surface area contributed by atoms with Crippen LogP contribution in [0.15, 0.2) is 23.5 Å². The van der Waals surface area contributed by atoms with Crippen LogP contribution in [0.5, 0.6) is 0 Å². The van der Waals surface area contributed by atoms with E-state index < -0.39 is 0 Å². The fourth-order valence-electron chi connectivity index (χ4n) is 1.74. The zero-order valence-electron chi connectivity index (χ0n) is 6.97. The molecule has 1 atom stereocenters. The van der Waals surface area contributed by atoms with Crippen LogP contribution in [-0.4, -0.2) is 6.61 Å². The Kier molecular flexibility index (Phi) is 1.72. The number of fused-ring (bicyclic) bond motifs is 1. The summed E-state index contributed by atoms with van der Waals surface area (Å²) in [6.45, 7) is 3.14. The molecule has 2 rings (SSSR count). The second-order valence-corrected chi connectivity index (χ2v) is 3.26. The van der Waals surface area contributed by atoms with Crippen LogP contribution < -0.4 is 0 Å². The maximum absolute atomic E-state index is 5.44. The van der Waals surface area contributed by atoms with Crippen molar-refractivity contribution >= 4 is 0 Å². The molecule has 60 valence electrons. The summed E-state index contributed by atoms with van der Waals surface area (Å²) < 4.78 is 5.44. The van der Waals surface area contributed by atoms with Crippen LogP contribution in [0, 0.1) is 5.92 Å². The monoisotopic (exact) mass is 150 g/mol. The van der Waals surface area contributed by atoms with Crippen molar-refractivity contribution < 1.29 is 4.74 Å². The highest BCUT2D eigenvalue weighted by Gasteiger charge is 2.19. The van der Waals surface area contributed by atoms with Crippen LogP contribution in [0.25, 0.3) is 0 Å². The molecule has 0 amide bonds. The van der Waals surface area contributed by atoms with E-state index in [-0.39, 0.29) is 0 Å². The Morgan fingerprint density at radius 1 is 1.64 bits per heavy atom. The van der Waals surface area contributed by atoms with Crippen molar-refractivity contribution in [2.75, 3.05) is 6.61 Å². The van der Waals surface area contributed by atoms with Crippen LogP contribution in [0.1, 0.15) is 26.2 Å². The predicted molar refractivity (Wildman–Crippen MR) is 45.1 cm³/mol. The Labute approximate surface area is 67.7 Å². The lowest BCUT2D eigenvalue weighted by Crippen LogP contribution is -2.00. The molecule has 1 saturated heterocycles. The average molecular weight is 150 g/mol. The van der Waals surface area contributed by atoms with Gasteiger partial charge in [-0.2, -0.15) is 0 Å². The minimum Gasteiger partial charge on any atom is -0.493 e. The van der Waals surface area contributed by atoms with Gasteiger partial charge in [-0.25, -0.2) is 0 Å². The van der Waals surface area contributed by atoms with E-state index in [2.05, 4.69) is 19.1 Å². The first-order chi connectivity index (χ1) is 5.40. The zero-order chi connectivity index (χ0) is 7.68. The smallest absolute Gasteiger partial charge is 0.118 e. The summed E-state index contributed by atoms with van der Waals surface area (Å²) in [7, 11) is 0. The second-order valence-electron chi connectivity index (χ2n) is 3.26. The molecule has 0 aromatic rings. The fourth-order valence-corrected chi connectivity index (χ4v) is 1.74. The van der Waals surface area contributed by atoms with E-state index in [0.29, 0.717) is 0 Å². The van der Waals surface area contributed by atoms with Crippen LogP contribution in [0.4, 0.5) is 0 Å². The third kappa shape index (κ3) is 1.20. The minimum atomic E-state index is 0.774. The molecule has 0 aromatic carbocycles. The first-order valence-electron chi connectivity index (χ1n) is 4.44. The lowest BCUT2D eigenvalue weighted by atomic mass is 9.93. The van der Waals surface area contributed by atoms with Crippen LogP contribution >= 0.6 is 0 Å². The van der Waals surface area contributed by atoms with Crippen molar-refractivity contribution in [2.45, 2.75) is 26.2 Å². The van der Waals surface area contributed by atoms with Gasteiger partial charge in [0.1, 0.15) is 5.76 Å². The van der Waals surface area contributed by atoms with Gasteiger partial charge in [-0.1, -0.05) is 13.0 Å². The molecule has 0 radical (unpaired) electrons. The van der Waals surface area contributed by atoms with Gasteiger partial charge < -0.3 is 4.74 Å². The summed E-state index contributed by atoms with van der Waals surface area (Å²) >= 11 is 0. The van der Waals surface area contributed by atoms with E-state index in [9.17, 15) is 0 Å². The van der Waals surface area contributed by atoms with Crippen molar-refractivity contribution in [1.29, 1.82) is 0 Å². The van der Waals surface area contributed by atoms with Crippen LogP contribution in [0.2, 0.25) is 0 Å². The molecule has 1 heteroatoms. The minimum absolute atomic E-state index is 0.774. The molecule has 1 unspecified atom stereocenters. The molecule has 0 spiro atoms. The van der Waals surface area contributed by atoms with E-state index in [0.717, 1.165) is 24.7 Å². The molecule has 0 N–H and O–H groups in total. The Bertz CT molecular complexity index is 213. The Hall–Kier alpha value is -0.720. The summed E-state index contributed by atoms with van der Waals surface area (Å²) in [6.07, 6.45) is 8.20. The Balaban J connectivity index is 2.17. The SMILES string of the molecule is CCC1C=C2CCOC2=CC1. The largest absolute Gasteiger partial charge is 0.493 e. The number of allylic oxidation sites excluding steroid dienone is 3. The van der Waals surface area contributed by atoms with Gasteiger partial charge >= 0.3 is 0 Å². The first kappa shape index (κ1) is 6.96. The van der Waals surface area contributed by atoms with Gasteiger partial charge in [-0.05, 0) is 30.4 Å². The molecule has 0 aromatic heterocycles. The Morgan fingerprint density at radius 3 is 3.36 bits per heavy atom. The lowest BCUT2D eigenvalue weighted by Gasteiger charge is -2.14. The van der Waals surface area contributed by atoms with Crippen LogP contribution in [0.3, 0.4) is 0 Å². The third-order valence-electron chi connectivity index (χ3n) is 2.51. The lowest BCUT2D eigenvalue weighted by molar-refractivity contribution is 0.263. The fraction of sp³-hybridized carbons (Fsp3) is 0.600. The van der Waals surface area contributed by atoms with E-state index in [4.69, 9.17) is 4.74 Å². The predicted octanol–water partition coefficient (Wildman–Crippen LogP) is 2.65. The van der Waals surface area contributed by atoms with Crippen molar-refractivity contribution in [3.05, 3.63) is 23.5 Å². The normalized spacial score (nSPS) is 28.6. The van der Waals surface area contributed by atoms with Gasteiger partial charge in [0.2, 0.25) is 0 Å². The van der Waals surface area contributed by atoms with Gasteiger partial charge in [0.15, 0.2) is 0 Å². The van der Waals surface area contributed by atoms with Crippen molar-refractivity contribution in [1.82, 2.24) is 0 Å². The van der Waals surface area contributed by atoms with Crippen LogP contribution in [-0.2, 0) is 4.74 Å². The molecule has 0 saturated carbocycles. The molecule has 1 aliphatic carbocycles. The number of hydrogen-bond donors (Lipinski definition) is 0. The summed E-state index contributed by atoms with van der Waals surface area (Å²) in [5.41, 5.74) is 1.45. The van der Waals surface area contributed by atoms with E-state index in [1.54, 1.807) is 0 Å². The molecule has 1 aliphatic heterocycles. The quantitative estimate of drug-likeness (QED) is 0.558. The topological polar surface area (TPSA) is 9.23 Å². The number of rotatable bonds is 1. The summed E-state index contributed by atoms with van der Waals surface area (Å²) in [4.78, 5) is 0. The second kappa shape index (κ2) is 2.72. The molecule has 1 heterocycles. The molecule has 1 fully saturated rings. The van der Waals surface area contributed by atoms with Gasteiger partial charge in [0.05, 0.1) is 6.61 Å². The van der Waals surface area contributed by atoms with Crippen molar-refractivity contribution in [3.63, 3.8) is 0 Å². The maximum Gasteiger partial charge on any atom is 0.118 e. The van der Waals surface area contributed by atoms with Crippen molar-refractivity contribution in [2.24, 2.45) is 5.92 Å². The van der Waals surface area contributed by atoms with E-state index >= 15 is 0 Å². The van der Waals surface area contributed by atoms with E-state index in [1.807, 2.05) is 0 Å². The molecular formula is C10H14O. The highest BCUT2D eigenvalue weighted by molar-refractivity contribution is 5.32. The summed E-state index contributed by atoms with van der Waals surface area (Å²) in [5, 5.41) is 0. The maximum atomic E-state index is 5.44. The summed E-state index contributed by atoms with van der Waals surface area (Å²) in [6, 6.07) is 0. The highest BCUT2D eigenvalue weighted by Crippen LogP contribution is 2.31. The number of ether oxygens (including phenoxy) is 1. The third-order valence-corrected chi connectivity index (χ3v) is 2.51. The van der Waals surface area contributed by atoms with Gasteiger partial charge in [-0.15, -0.1) is 0 Å². The zero-order valence-corrected chi connectivity index (χ0v) is 6.97. The van der Waals surface area contributed by atoms with E-state index in [1.165, 1.54) is 18.4 Å². The highest BCUT2D eigenvalue weighted by atomic mass is 16.5. The number of hydrogen-bond acceptors (Lipinski definition) is 1. The molecule has 0 bridgehead atoms.